The van der Waals surface area contributed by atoms with Crippen molar-refractivity contribution in [3.8, 4) is 0 Å². The Hall–Kier alpha value is -0.330. The highest BCUT2D eigenvalue weighted by molar-refractivity contribution is 5.85. The molecule has 0 rings (SSSR count). The molecule has 0 fully saturated rings. The molecule has 1 heteroatoms. The van der Waals surface area contributed by atoms with E-state index in [9.17, 15) is 0 Å². The molecule has 0 heterocycles. The Bertz CT molecular complexity index is 82.4. The summed E-state index contributed by atoms with van der Waals surface area (Å²) in [5.74, 6) is 0.630. The Morgan fingerprint density at radius 2 is 2.00 bits per heavy atom. The van der Waals surface area contributed by atoms with Crippen molar-refractivity contribution >= 4 is 5.71 Å². The predicted octanol–water partition coefficient (Wildman–Crippen LogP) is 2.12. The summed E-state index contributed by atoms with van der Waals surface area (Å²) in [6.45, 7) is 6.49. The van der Waals surface area contributed by atoms with Crippen molar-refractivity contribution in [2.45, 2.75) is 27.2 Å². The van der Waals surface area contributed by atoms with E-state index in [4.69, 9.17) is 0 Å². The van der Waals surface area contributed by atoms with Crippen molar-refractivity contribution < 1.29 is 0 Å². The molecule has 0 amide bonds. The molecule has 0 aromatic heterocycles. The molecular formula is C7H15N. The molecule has 0 saturated heterocycles. The maximum absolute atomic E-state index is 4.12. The van der Waals surface area contributed by atoms with Crippen molar-refractivity contribution in [2.24, 2.45) is 10.9 Å². The topological polar surface area (TPSA) is 12.4 Å². The molecule has 0 atom stereocenters. The fraction of sp³-hybridized carbons (Fsp3) is 0.857. The van der Waals surface area contributed by atoms with E-state index in [1.54, 1.807) is 0 Å². The standard InChI is InChI=1S/C7H15N/c1-5-7(8-4)6(2)3/h6H,5H2,1-4H3/b8-7-. The normalized spacial score (nSPS) is 12.9. The summed E-state index contributed by atoms with van der Waals surface area (Å²) >= 11 is 0. The first kappa shape index (κ1) is 7.67. The number of hydrogen-bond donors (Lipinski definition) is 0. The lowest BCUT2D eigenvalue weighted by Gasteiger charge is -2.03. The zero-order valence-corrected chi connectivity index (χ0v) is 6.23. The molecule has 0 unspecified atom stereocenters. The number of nitrogens with zero attached hydrogens (tertiary/aromatic N) is 1. The van der Waals surface area contributed by atoms with Gasteiger partial charge in [-0.05, 0) is 12.3 Å². The van der Waals surface area contributed by atoms with Gasteiger partial charge in [0.15, 0.2) is 0 Å². The average Bonchev–Trinajstić information content (AvgIpc) is 1.69. The van der Waals surface area contributed by atoms with E-state index in [1.165, 1.54) is 5.71 Å². The summed E-state index contributed by atoms with van der Waals surface area (Å²) in [6, 6.07) is 0. The van der Waals surface area contributed by atoms with E-state index in [-0.39, 0.29) is 0 Å². The number of hydrogen-bond acceptors (Lipinski definition) is 1. The molecule has 0 spiro atoms. The van der Waals surface area contributed by atoms with E-state index >= 15 is 0 Å². The van der Waals surface area contributed by atoms with Crippen LogP contribution in [0.3, 0.4) is 0 Å². The molecule has 0 aromatic rings. The highest BCUT2D eigenvalue weighted by Gasteiger charge is 1.98. The minimum Gasteiger partial charge on any atom is -0.297 e. The molecule has 0 aromatic carbocycles. The van der Waals surface area contributed by atoms with Crippen LogP contribution in [0, 0.1) is 5.92 Å². The van der Waals surface area contributed by atoms with Crippen LogP contribution in [0.4, 0.5) is 0 Å². The lowest BCUT2D eigenvalue weighted by Crippen LogP contribution is -2.04. The molecule has 0 aliphatic carbocycles. The van der Waals surface area contributed by atoms with Crippen molar-refractivity contribution in [1.29, 1.82) is 0 Å². The van der Waals surface area contributed by atoms with Crippen LogP contribution < -0.4 is 0 Å². The molecule has 0 aliphatic rings. The summed E-state index contributed by atoms with van der Waals surface area (Å²) in [6.07, 6.45) is 1.09. The lowest BCUT2D eigenvalue weighted by atomic mass is 10.1. The minimum atomic E-state index is 0.630. The quantitative estimate of drug-likeness (QED) is 0.486. The Morgan fingerprint density at radius 3 is 2.00 bits per heavy atom. The van der Waals surface area contributed by atoms with Gasteiger partial charge in [0.25, 0.3) is 0 Å². The van der Waals surface area contributed by atoms with Gasteiger partial charge in [-0.15, -0.1) is 0 Å². The van der Waals surface area contributed by atoms with Crippen LogP contribution >= 0.6 is 0 Å². The first-order valence-corrected chi connectivity index (χ1v) is 3.17. The summed E-state index contributed by atoms with van der Waals surface area (Å²) in [4.78, 5) is 4.12. The maximum atomic E-state index is 4.12. The SMILES string of the molecule is CC/C(=N/C)C(C)C. The zero-order chi connectivity index (χ0) is 6.57. The molecule has 0 N–H and O–H groups in total. The Labute approximate surface area is 51.8 Å². The van der Waals surface area contributed by atoms with Crippen molar-refractivity contribution in [3.05, 3.63) is 0 Å². The maximum Gasteiger partial charge on any atom is 0.0276 e. The molecule has 8 heavy (non-hydrogen) atoms. The van der Waals surface area contributed by atoms with Crippen LogP contribution in [-0.2, 0) is 0 Å². The van der Waals surface area contributed by atoms with Gasteiger partial charge < -0.3 is 0 Å². The monoisotopic (exact) mass is 113 g/mol. The van der Waals surface area contributed by atoms with E-state index in [2.05, 4.69) is 25.8 Å². The second-order valence-corrected chi connectivity index (χ2v) is 2.22. The Morgan fingerprint density at radius 1 is 1.50 bits per heavy atom. The number of rotatable bonds is 2. The molecule has 0 saturated carbocycles. The Kier molecular flexibility index (Phi) is 3.49. The first-order valence-electron chi connectivity index (χ1n) is 3.17. The van der Waals surface area contributed by atoms with Gasteiger partial charge in [-0.3, -0.25) is 4.99 Å². The third-order valence-electron chi connectivity index (χ3n) is 1.32. The van der Waals surface area contributed by atoms with Crippen LogP contribution in [0.2, 0.25) is 0 Å². The van der Waals surface area contributed by atoms with Crippen molar-refractivity contribution in [1.82, 2.24) is 0 Å². The van der Waals surface area contributed by atoms with Gasteiger partial charge >= 0.3 is 0 Å². The summed E-state index contributed by atoms with van der Waals surface area (Å²) in [7, 11) is 1.86. The Balaban J connectivity index is 3.72. The third-order valence-corrected chi connectivity index (χ3v) is 1.32. The average molecular weight is 113 g/mol. The van der Waals surface area contributed by atoms with Crippen LogP contribution in [0.15, 0.2) is 4.99 Å². The molecule has 1 nitrogen and oxygen atoms in total. The second kappa shape index (κ2) is 3.65. The van der Waals surface area contributed by atoms with E-state index in [1.807, 2.05) is 7.05 Å². The van der Waals surface area contributed by atoms with Crippen molar-refractivity contribution in [3.63, 3.8) is 0 Å². The van der Waals surface area contributed by atoms with Gasteiger partial charge in [0.1, 0.15) is 0 Å². The fourth-order valence-corrected chi connectivity index (χ4v) is 0.825. The fourth-order valence-electron chi connectivity index (χ4n) is 0.825. The molecule has 48 valence electrons. The van der Waals surface area contributed by atoms with Crippen LogP contribution in [0.25, 0.3) is 0 Å². The summed E-state index contributed by atoms with van der Waals surface area (Å²) in [5.41, 5.74) is 1.31. The first-order chi connectivity index (χ1) is 3.72. The van der Waals surface area contributed by atoms with E-state index in [0.717, 1.165) is 6.42 Å². The number of aliphatic imine (C=N–C) groups is 1. The molecule has 0 bridgehead atoms. The smallest absolute Gasteiger partial charge is 0.0276 e. The molecule has 0 aliphatic heterocycles. The van der Waals surface area contributed by atoms with Gasteiger partial charge in [0.2, 0.25) is 0 Å². The van der Waals surface area contributed by atoms with Crippen LogP contribution in [0.5, 0.6) is 0 Å². The van der Waals surface area contributed by atoms with E-state index in [0.29, 0.717) is 5.92 Å². The van der Waals surface area contributed by atoms with Gasteiger partial charge in [-0.25, -0.2) is 0 Å². The zero-order valence-electron chi connectivity index (χ0n) is 6.23. The lowest BCUT2D eigenvalue weighted by molar-refractivity contribution is 0.854. The van der Waals surface area contributed by atoms with Gasteiger partial charge in [-0.1, -0.05) is 20.8 Å². The van der Waals surface area contributed by atoms with Gasteiger partial charge in [-0.2, -0.15) is 0 Å². The van der Waals surface area contributed by atoms with Crippen molar-refractivity contribution in [2.75, 3.05) is 7.05 Å². The van der Waals surface area contributed by atoms with Crippen LogP contribution in [0.1, 0.15) is 27.2 Å². The molecular weight excluding hydrogens is 98.1 g/mol. The predicted molar refractivity (Wildman–Crippen MR) is 38.5 cm³/mol. The highest BCUT2D eigenvalue weighted by Crippen LogP contribution is 1.99. The van der Waals surface area contributed by atoms with Crippen LogP contribution in [-0.4, -0.2) is 12.8 Å². The third kappa shape index (κ3) is 2.10. The summed E-state index contributed by atoms with van der Waals surface area (Å²) < 4.78 is 0. The van der Waals surface area contributed by atoms with Gasteiger partial charge in [0, 0.05) is 12.8 Å². The largest absolute Gasteiger partial charge is 0.297 e. The van der Waals surface area contributed by atoms with Gasteiger partial charge in [0.05, 0.1) is 0 Å². The van der Waals surface area contributed by atoms with E-state index < -0.39 is 0 Å². The molecule has 0 radical (unpaired) electrons. The minimum absolute atomic E-state index is 0.630. The second-order valence-electron chi connectivity index (χ2n) is 2.22. The summed E-state index contributed by atoms with van der Waals surface area (Å²) in [5, 5.41) is 0. The highest BCUT2D eigenvalue weighted by atomic mass is 14.7.